The number of rotatable bonds is 6. The van der Waals surface area contributed by atoms with Gasteiger partial charge in [-0.25, -0.2) is 0 Å². The topological polar surface area (TPSA) is 71.8 Å². The number of anilines is 1. The van der Waals surface area contributed by atoms with Crippen LogP contribution in [-0.2, 0) is 18.3 Å². The van der Waals surface area contributed by atoms with Crippen LogP contribution in [-0.4, -0.2) is 33.8 Å². The van der Waals surface area contributed by atoms with Crippen LogP contribution < -0.4 is 10.6 Å². The van der Waals surface area contributed by atoms with E-state index in [9.17, 15) is 4.79 Å². The number of carbonyl (C=O) groups is 1. The van der Waals surface area contributed by atoms with Gasteiger partial charge in [0.1, 0.15) is 12.2 Å². The van der Waals surface area contributed by atoms with Crippen LogP contribution >= 0.6 is 24.8 Å². The lowest BCUT2D eigenvalue weighted by atomic mass is 10.3. The molecule has 0 fully saturated rings. The Balaban J connectivity index is 0.00000200. The summed E-state index contributed by atoms with van der Waals surface area (Å²) in [6.45, 7) is 0.824. The van der Waals surface area contributed by atoms with Crippen molar-refractivity contribution in [1.82, 2.24) is 20.1 Å². The second-order valence-corrected chi connectivity index (χ2v) is 4.18. The van der Waals surface area contributed by atoms with Crippen molar-refractivity contribution in [2.45, 2.75) is 6.42 Å². The number of carbonyl (C=O) groups excluding carboxylic acids is 1. The zero-order valence-corrected chi connectivity index (χ0v) is 13.3. The van der Waals surface area contributed by atoms with Crippen molar-refractivity contribution in [3.8, 4) is 0 Å². The van der Waals surface area contributed by atoms with Crippen LogP contribution in [0.5, 0.6) is 0 Å². The van der Waals surface area contributed by atoms with Gasteiger partial charge in [0, 0.05) is 25.7 Å². The fourth-order valence-corrected chi connectivity index (χ4v) is 1.65. The Morgan fingerprint density at radius 2 is 1.95 bits per heavy atom. The van der Waals surface area contributed by atoms with E-state index in [4.69, 9.17) is 0 Å². The molecule has 0 radical (unpaired) electrons. The molecule has 1 aromatic heterocycles. The summed E-state index contributed by atoms with van der Waals surface area (Å²) in [7, 11) is 1.88. The first-order chi connectivity index (χ1) is 9.25. The summed E-state index contributed by atoms with van der Waals surface area (Å²) >= 11 is 0. The lowest BCUT2D eigenvalue weighted by molar-refractivity contribution is -0.119. The third kappa shape index (κ3) is 6.46. The van der Waals surface area contributed by atoms with Gasteiger partial charge in [0.15, 0.2) is 0 Å². The summed E-state index contributed by atoms with van der Waals surface area (Å²) in [5.74, 6) is 0.822. The van der Waals surface area contributed by atoms with E-state index in [2.05, 4.69) is 20.8 Å². The summed E-state index contributed by atoms with van der Waals surface area (Å²) in [4.78, 5) is 11.6. The Labute approximate surface area is 136 Å². The fraction of sp³-hybridized carbons (Fsp3) is 0.308. The maximum Gasteiger partial charge on any atom is 0.239 e. The zero-order chi connectivity index (χ0) is 13.5. The first-order valence-corrected chi connectivity index (χ1v) is 6.14. The lowest BCUT2D eigenvalue weighted by Crippen LogP contribution is -2.31. The molecule has 8 heteroatoms. The van der Waals surface area contributed by atoms with E-state index < -0.39 is 0 Å². The monoisotopic (exact) mass is 331 g/mol. The minimum Gasteiger partial charge on any atom is -0.376 e. The number of nitrogens with one attached hydrogen (secondary N) is 2. The van der Waals surface area contributed by atoms with E-state index in [-0.39, 0.29) is 37.3 Å². The first kappa shape index (κ1) is 19.2. The van der Waals surface area contributed by atoms with E-state index in [1.807, 2.05) is 41.9 Å². The number of hydrogen-bond donors (Lipinski definition) is 2. The number of benzene rings is 1. The first-order valence-electron chi connectivity index (χ1n) is 6.14. The average Bonchev–Trinajstić information content (AvgIpc) is 2.83. The van der Waals surface area contributed by atoms with Gasteiger partial charge >= 0.3 is 0 Å². The molecule has 116 valence electrons. The normalized spacial score (nSPS) is 9.19. The summed E-state index contributed by atoms with van der Waals surface area (Å²) in [6.07, 6.45) is 2.32. The van der Waals surface area contributed by atoms with E-state index in [1.165, 1.54) is 0 Å². The molecule has 0 saturated heterocycles. The largest absolute Gasteiger partial charge is 0.376 e. The van der Waals surface area contributed by atoms with Crippen LogP contribution in [0.3, 0.4) is 0 Å². The number of nitrogens with zero attached hydrogens (tertiary/aromatic N) is 3. The van der Waals surface area contributed by atoms with Gasteiger partial charge in [-0.2, -0.15) is 0 Å². The van der Waals surface area contributed by atoms with Crippen molar-refractivity contribution < 1.29 is 4.79 Å². The van der Waals surface area contributed by atoms with E-state index >= 15 is 0 Å². The smallest absolute Gasteiger partial charge is 0.239 e. The van der Waals surface area contributed by atoms with Crippen molar-refractivity contribution >= 4 is 36.4 Å². The predicted octanol–water partition coefficient (Wildman–Crippen LogP) is 1.43. The van der Waals surface area contributed by atoms with E-state index in [0.29, 0.717) is 13.0 Å². The maximum absolute atomic E-state index is 11.6. The molecule has 2 rings (SSSR count). The summed E-state index contributed by atoms with van der Waals surface area (Å²) in [5.41, 5.74) is 0.936. The highest BCUT2D eigenvalue weighted by atomic mass is 35.5. The molecule has 0 unspecified atom stereocenters. The van der Waals surface area contributed by atoms with Crippen LogP contribution in [0.4, 0.5) is 5.69 Å². The third-order valence-corrected chi connectivity index (χ3v) is 2.70. The number of halogens is 2. The standard InChI is InChI=1S/C13H17N5O.2ClH/c1-18-10-16-17-12(18)7-8-14-13(19)9-15-11-5-3-2-4-6-11;;/h2-6,10,15H,7-9H2,1H3,(H,14,19);2*1H. The van der Waals surface area contributed by atoms with Crippen LogP contribution in [0.2, 0.25) is 0 Å². The number of aromatic nitrogens is 3. The van der Waals surface area contributed by atoms with Gasteiger partial charge in [0.25, 0.3) is 0 Å². The van der Waals surface area contributed by atoms with Crippen molar-refractivity contribution in [2.24, 2.45) is 7.05 Å². The van der Waals surface area contributed by atoms with Crippen LogP contribution in [0.25, 0.3) is 0 Å². The summed E-state index contributed by atoms with van der Waals surface area (Å²) < 4.78 is 1.84. The molecule has 0 aliphatic heterocycles. The van der Waals surface area contributed by atoms with Gasteiger partial charge in [-0.15, -0.1) is 35.0 Å². The van der Waals surface area contributed by atoms with Crippen molar-refractivity contribution in [2.75, 3.05) is 18.4 Å². The van der Waals surface area contributed by atoms with Crippen LogP contribution in [0.15, 0.2) is 36.7 Å². The summed E-state index contributed by atoms with van der Waals surface area (Å²) in [5, 5.41) is 13.6. The van der Waals surface area contributed by atoms with Crippen molar-refractivity contribution in [1.29, 1.82) is 0 Å². The Morgan fingerprint density at radius 1 is 1.24 bits per heavy atom. The Hall–Kier alpha value is -1.79. The van der Waals surface area contributed by atoms with Gasteiger partial charge in [0.05, 0.1) is 6.54 Å². The number of amides is 1. The Kier molecular flexibility index (Phi) is 9.16. The fourth-order valence-electron chi connectivity index (χ4n) is 1.65. The van der Waals surface area contributed by atoms with Gasteiger partial charge in [-0.1, -0.05) is 18.2 Å². The lowest BCUT2D eigenvalue weighted by Gasteiger charge is -2.07. The molecule has 2 N–H and O–H groups in total. The molecule has 6 nitrogen and oxygen atoms in total. The summed E-state index contributed by atoms with van der Waals surface area (Å²) in [6, 6.07) is 9.63. The van der Waals surface area contributed by atoms with Crippen LogP contribution in [0, 0.1) is 0 Å². The quantitative estimate of drug-likeness (QED) is 0.839. The highest BCUT2D eigenvalue weighted by Crippen LogP contribution is 2.03. The Morgan fingerprint density at radius 3 is 2.57 bits per heavy atom. The molecule has 1 aromatic carbocycles. The molecule has 21 heavy (non-hydrogen) atoms. The maximum atomic E-state index is 11.6. The molecule has 0 atom stereocenters. The molecule has 0 bridgehead atoms. The number of aryl methyl sites for hydroxylation is 1. The molecule has 1 heterocycles. The van der Waals surface area contributed by atoms with Gasteiger partial charge in [0.2, 0.25) is 5.91 Å². The number of hydrogen-bond acceptors (Lipinski definition) is 4. The molecular formula is C13H19Cl2N5O. The Bertz CT molecular complexity index is 532. The highest BCUT2D eigenvalue weighted by Gasteiger charge is 2.03. The molecule has 1 amide bonds. The molecule has 0 spiro atoms. The third-order valence-electron chi connectivity index (χ3n) is 2.70. The molecular weight excluding hydrogens is 313 g/mol. The second kappa shape index (κ2) is 10.0. The zero-order valence-electron chi connectivity index (χ0n) is 11.7. The molecule has 0 aliphatic rings. The second-order valence-electron chi connectivity index (χ2n) is 4.18. The van der Waals surface area contributed by atoms with Gasteiger partial charge in [-0.3, -0.25) is 4.79 Å². The predicted molar refractivity (Wildman–Crippen MR) is 87.1 cm³/mol. The SMILES string of the molecule is Cl.Cl.Cn1cnnc1CCNC(=O)CNc1ccccc1. The van der Waals surface area contributed by atoms with Crippen LogP contribution in [0.1, 0.15) is 5.82 Å². The minimum atomic E-state index is -0.0361. The average molecular weight is 332 g/mol. The minimum absolute atomic E-state index is 0. The molecule has 0 saturated carbocycles. The molecule has 2 aromatic rings. The molecule has 0 aliphatic carbocycles. The number of para-hydroxylation sites is 1. The van der Waals surface area contributed by atoms with E-state index in [0.717, 1.165) is 11.5 Å². The van der Waals surface area contributed by atoms with Gasteiger partial charge < -0.3 is 15.2 Å². The van der Waals surface area contributed by atoms with E-state index in [1.54, 1.807) is 6.33 Å². The van der Waals surface area contributed by atoms with Crippen molar-refractivity contribution in [3.63, 3.8) is 0 Å². The highest BCUT2D eigenvalue weighted by molar-refractivity contribution is 5.85. The van der Waals surface area contributed by atoms with Crippen molar-refractivity contribution in [3.05, 3.63) is 42.5 Å². The van der Waals surface area contributed by atoms with Gasteiger partial charge in [-0.05, 0) is 12.1 Å².